The lowest BCUT2D eigenvalue weighted by molar-refractivity contribution is -0.167. The van der Waals surface area contributed by atoms with Crippen molar-refractivity contribution in [2.75, 3.05) is 13.2 Å². The van der Waals surface area contributed by atoms with Crippen molar-refractivity contribution in [1.82, 2.24) is 0 Å². The van der Waals surface area contributed by atoms with Gasteiger partial charge in [-0.15, -0.1) is 0 Å². The van der Waals surface area contributed by atoms with E-state index in [-0.39, 0.29) is 31.1 Å². The average Bonchev–Trinajstić information content (AvgIpc) is 3.47. The van der Waals surface area contributed by atoms with Gasteiger partial charge < -0.3 is 14.2 Å². The Balaban J connectivity index is 4.14. The van der Waals surface area contributed by atoms with E-state index in [1.165, 1.54) is 270 Å². The predicted octanol–water partition coefficient (Wildman–Crippen LogP) is 24.9. The molecule has 0 N–H and O–H groups in total. The summed E-state index contributed by atoms with van der Waals surface area (Å²) in [7, 11) is 0. The molecule has 0 aromatic heterocycles. The van der Waals surface area contributed by atoms with E-state index in [9.17, 15) is 14.4 Å². The fourth-order valence-electron chi connectivity index (χ4n) is 11.0. The Hall–Kier alpha value is -2.63. The minimum absolute atomic E-state index is 0.0656. The molecule has 0 aliphatic rings. The molecule has 0 aromatic rings. The van der Waals surface area contributed by atoms with E-state index in [0.29, 0.717) is 19.3 Å². The summed E-state index contributed by atoms with van der Waals surface area (Å²) in [5, 5.41) is 0. The van der Waals surface area contributed by atoms with E-state index in [1.807, 2.05) is 0 Å². The Morgan fingerprint density at radius 2 is 0.481 bits per heavy atom. The van der Waals surface area contributed by atoms with E-state index in [2.05, 4.69) is 69.4 Å². The monoisotopic (exact) mass is 1140 g/mol. The second-order valence-corrected chi connectivity index (χ2v) is 24.5. The minimum atomic E-state index is -0.768. The fraction of sp³-hybridized carbons (Fsp3) is 0.853. The Kier molecular flexibility index (Phi) is 67.6. The molecular formula is C75H138O6. The maximum atomic E-state index is 12.9. The van der Waals surface area contributed by atoms with Gasteiger partial charge in [0.2, 0.25) is 0 Å². The third kappa shape index (κ3) is 68.0. The lowest BCUT2D eigenvalue weighted by atomic mass is 10.0. The number of hydrogen-bond donors (Lipinski definition) is 0. The molecule has 0 rings (SSSR count). The van der Waals surface area contributed by atoms with Crippen LogP contribution in [0.1, 0.15) is 393 Å². The van der Waals surface area contributed by atoms with Crippen molar-refractivity contribution >= 4 is 17.9 Å². The van der Waals surface area contributed by atoms with Crippen LogP contribution in [-0.4, -0.2) is 37.2 Å². The first-order valence-corrected chi connectivity index (χ1v) is 36.1. The summed E-state index contributed by atoms with van der Waals surface area (Å²) >= 11 is 0. The molecule has 474 valence electrons. The van der Waals surface area contributed by atoms with Gasteiger partial charge in [-0.1, -0.05) is 365 Å². The van der Waals surface area contributed by atoms with Crippen molar-refractivity contribution in [3.63, 3.8) is 0 Å². The van der Waals surface area contributed by atoms with E-state index in [4.69, 9.17) is 14.2 Å². The number of carbonyl (C=O) groups excluding carboxylic acids is 3. The summed E-state index contributed by atoms with van der Waals surface area (Å²) in [6, 6.07) is 0. The largest absolute Gasteiger partial charge is 0.462 e. The number of ether oxygens (including phenoxy) is 3. The van der Waals surface area contributed by atoms with E-state index < -0.39 is 6.10 Å². The SMILES string of the molecule is CC/C=C\C/C=C\C/C=C\C/C=C\CCCCCCCCCCCCCCCCCCC(=O)OCC(COC(=O)CCCCCCCCCCCCC)OC(=O)CCCCCCCCCCCCCCCCCCCCCCCCC. The standard InChI is InChI=1S/C75H138O6/c1-4-7-10-13-16-19-22-24-26-28-30-32-34-35-36-37-38-39-41-42-44-46-48-50-53-56-59-62-65-68-74(77)80-71-72(70-79-73(76)67-64-61-58-55-52-21-18-15-12-9-6-3)81-75(78)69-66-63-60-57-54-51-49-47-45-43-40-33-31-29-27-25-23-20-17-14-11-8-5-2/h7,10,16,19,24,26,30,32,72H,4-6,8-9,11-15,17-18,20-23,25,27-29,31,33-71H2,1-3H3/b10-7-,19-16-,26-24-,32-30-. The number of unbranched alkanes of at least 4 members (excludes halogenated alkanes) is 48. The lowest BCUT2D eigenvalue weighted by Gasteiger charge is -2.18. The van der Waals surface area contributed by atoms with Crippen molar-refractivity contribution in [3.05, 3.63) is 48.6 Å². The van der Waals surface area contributed by atoms with Gasteiger partial charge >= 0.3 is 17.9 Å². The smallest absolute Gasteiger partial charge is 0.306 e. The quantitative estimate of drug-likeness (QED) is 0.0261. The van der Waals surface area contributed by atoms with Crippen LogP contribution in [0.3, 0.4) is 0 Å². The molecule has 1 unspecified atom stereocenters. The second kappa shape index (κ2) is 69.9. The van der Waals surface area contributed by atoms with Crippen LogP contribution in [0.25, 0.3) is 0 Å². The van der Waals surface area contributed by atoms with Crippen LogP contribution in [0.15, 0.2) is 48.6 Å². The highest BCUT2D eigenvalue weighted by atomic mass is 16.6. The summed E-state index contributed by atoms with van der Waals surface area (Å²) < 4.78 is 17.0. The van der Waals surface area contributed by atoms with Gasteiger partial charge in [0.1, 0.15) is 13.2 Å². The molecule has 0 saturated carbocycles. The summed E-state index contributed by atoms with van der Waals surface area (Å²) in [5.41, 5.74) is 0. The highest BCUT2D eigenvalue weighted by Crippen LogP contribution is 2.19. The first-order valence-electron chi connectivity index (χ1n) is 36.1. The first kappa shape index (κ1) is 78.4. The van der Waals surface area contributed by atoms with Crippen LogP contribution in [0, 0.1) is 0 Å². The summed E-state index contributed by atoms with van der Waals surface area (Å²) in [6.45, 7) is 6.60. The molecule has 0 spiro atoms. The number of carbonyl (C=O) groups is 3. The second-order valence-electron chi connectivity index (χ2n) is 24.5. The van der Waals surface area contributed by atoms with Gasteiger partial charge in [-0.05, 0) is 57.8 Å². The summed E-state index contributed by atoms with van der Waals surface area (Å²) in [5.74, 6) is -0.836. The summed E-state index contributed by atoms with van der Waals surface area (Å²) in [6.07, 6.45) is 88.7. The molecule has 0 heterocycles. The predicted molar refractivity (Wildman–Crippen MR) is 353 cm³/mol. The van der Waals surface area contributed by atoms with Gasteiger partial charge in [0.05, 0.1) is 0 Å². The average molecular weight is 1140 g/mol. The molecular weight excluding hydrogens is 997 g/mol. The molecule has 0 fully saturated rings. The Morgan fingerprint density at radius 3 is 0.753 bits per heavy atom. The third-order valence-corrected chi connectivity index (χ3v) is 16.3. The maximum Gasteiger partial charge on any atom is 0.306 e. The molecule has 0 amide bonds. The van der Waals surface area contributed by atoms with Gasteiger partial charge in [-0.2, -0.15) is 0 Å². The van der Waals surface area contributed by atoms with Crippen molar-refractivity contribution in [2.24, 2.45) is 0 Å². The minimum Gasteiger partial charge on any atom is -0.462 e. The summed E-state index contributed by atoms with van der Waals surface area (Å²) in [4.78, 5) is 38.4. The van der Waals surface area contributed by atoms with E-state index in [1.54, 1.807) is 0 Å². The Bertz CT molecular complexity index is 1400. The number of allylic oxidation sites excluding steroid dienone is 8. The van der Waals surface area contributed by atoms with Gasteiger partial charge in [-0.3, -0.25) is 14.4 Å². The van der Waals surface area contributed by atoms with Crippen LogP contribution in [-0.2, 0) is 28.6 Å². The fourth-order valence-corrected chi connectivity index (χ4v) is 11.0. The highest BCUT2D eigenvalue weighted by Gasteiger charge is 2.19. The lowest BCUT2D eigenvalue weighted by Crippen LogP contribution is -2.30. The van der Waals surface area contributed by atoms with Crippen LogP contribution >= 0.6 is 0 Å². The normalized spacial score (nSPS) is 12.3. The van der Waals surface area contributed by atoms with Crippen molar-refractivity contribution in [3.8, 4) is 0 Å². The molecule has 0 radical (unpaired) electrons. The van der Waals surface area contributed by atoms with Gasteiger partial charge in [0.15, 0.2) is 6.10 Å². The molecule has 0 aromatic carbocycles. The topological polar surface area (TPSA) is 78.9 Å². The number of esters is 3. The zero-order chi connectivity index (χ0) is 58.5. The van der Waals surface area contributed by atoms with Gasteiger partial charge in [0, 0.05) is 19.3 Å². The van der Waals surface area contributed by atoms with Crippen molar-refractivity contribution < 1.29 is 28.6 Å². The maximum absolute atomic E-state index is 12.9. The van der Waals surface area contributed by atoms with Crippen LogP contribution in [0.2, 0.25) is 0 Å². The van der Waals surface area contributed by atoms with Crippen molar-refractivity contribution in [2.45, 2.75) is 399 Å². The first-order chi connectivity index (χ1) is 40.0. The van der Waals surface area contributed by atoms with Crippen LogP contribution < -0.4 is 0 Å². The molecule has 6 nitrogen and oxygen atoms in total. The van der Waals surface area contributed by atoms with Gasteiger partial charge in [-0.25, -0.2) is 0 Å². The molecule has 0 bridgehead atoms. The zero-order valence-corrected chi connectivity index (χ0v) is 54.6. The molecule has 0 saturated heterocycles. The number of hydrogen-bond acceptors (Lipinski definition) is 6. The molecule has 0 aliphatic heterocycles. The van der Waals surface area contributed by atoms with E-state index in [0.717, 1.165) is 83.5 Å². The van der Waals surface area contributed by atoms with Crippen LogP contribution in [0.5, 0.6) is 0 Å². The molecule has 0 aliphatic carbocycles. The Morgan fingerprint density at radius 1 is 0.259 bits per heavy atom. The van der Waals surface area contributed by atoms with Gasteiger partial charge in [0.25, 0.3) is 0 Å². The third-order valence-electron chi connectivity index (χ3n) is 16.3. The zero-order valence-electron chi connectivity index (χ0n) is 54.6. The van der Waals surface area contributed by atoms with Crippen molar-refractivity contribution in [1.29, 1.82) is 0 Å². The molecule has 1 atom stereocenters. The molecule has 81 heavy (non-hydrogen) atoms. The van der Waals surface area contributed by atoms with E-state index >= 15 is 0 Å². The number of rotatable bonds is 67. The van der Waals surface area contributed by atoms with Crippen LogP contribution in [0.4, 0.5) is 0 Å². The molecule has 6 heteroatoms. The Labute approximate surface area is 505 Å². The highest BCUT2D eigenvalue weighted by molar-refractivity contribution is 5.71.